The maximum Gasteiger partial charge on any atom is 0.251 e. The van der Waals surface area contributed by atoms with Gasteiger partial charge in [-0.1, -0.05) is 0 Å². The molecular weight excluding hydrogens is 408 g/mol. The van der Waals surface area contributed by atoms with E-state index >= 15 is 0 Å². The number of hydrogen-bond acceptors (Lipinski definition) is 6. The van der Waals surface area contributed by atoms with Crippen LogP contribution in [-0.2, 0) is 22.4 Å². The second kappa shape index (κ2) is 9.06. The first kappa shape index (κ1) is 20.7. The Morgan fingerprint density at radius 3 is 2.59 bits per heavy atom. The smallest absolute Gasteiger partial charge is 0.251 e. The van der Waals surface area contributed by atoms with Gasteiger partial charge < -0.3 is 16.0 Å². The number of carbonyl (C=O) groups is 3. The molecule has 1 aliphatic carbocycles. The predicted octanol–water partition coefficient (Wildman–Crippen LogP) is 1.70. The fourth-order valence-electron chi connectivity index (χ4n) is 4.55. The molecule has 0 bridgehead atoms. The third-order valence-corrected chi connectivity index (χ3v) is 8.14. The van der Waals surface area contributed by atoms with Gasteiger partial charge in [0.2, 0.25) is 11.8 Å². The predicted molar refractivity (Wildman–Crippen MR) is 117 cm³/mol. The molecule has 3 aliphatic rings. The number of nitrogens with zero attached hydrogens (tertiary/aromatic N) is 2. The van der Waals surface area contributed by atoms with E-state index in [2.05, 4.69) is 5.32 Å². The van der Waals surface area contributed by atoms with Gasteiger partial charge in [-0.3, -0.25) is 19.3 Å². The summed E-state index contributed by atoms with van der Waals surface area (Å²) in [5, 5.41) is 3.50. The van der Waals surface area contributed by atoms with Gasteiger partial charge >= 0.3 is 0 Å². The van der Waals surface area contributed by atoms with Gasteiger partial charge in [-0.25, -0.2) is 0 Å². The summed E-state index contributed by atoms with van der Waals surface area (Å²) in [7, 11) is 0. The molecule has 0 radical (unpaired) electrons. The van der Waals surface area contributed by atoms with Crippen molar-refractivity contribution in [1.29, 1.82) is 0 Å². The SMILES string of the molecule is NC(=O)c1c(NC(=O)CN2CCCC2C(=O)N2CCSCC2)sc2c1CCCC2. The number of anilines is 1. The lowest BCUT2D eigenvalue weighted by molar-refractivity contribution is -0.136. The third kappa shape index (κ3) is 4.46. The van der Waals surface area contributed by atoms with Crippen molar-refractivity contribution >= 4 is 45.8 Å². The van der Waals surface area contributed by atoms with Crippen molar-refractivity contribution in [2.45, 2.75) is 44.6 Å². The van der Waals surface area contributed by atoms with E-state index in [1.807, 2.05) is 21.6 Å². The van der Waals surface area contributed by atoms with Crippen LogP contribution in [0.5, 0.6) is 0 Å². The van der Waals surface area contributed by atoms with E-state index in [0.717, 1.165) is 80.1 Å². The fourth-order valence-corrected chi connectivity index (χ4v) is 6.77. The summed E-state index contributed by atoms with van der Waals surface area (Å²) in [5.41, 5.74) is 7.12. The maximum absolute atomic E-state index is 12.9. The van der Waals surface area contributed by atoms with Crippen molar-refractivity contribution in [1.82, 2.24) is 9.80 Å². The second-order valence-electron chi connectivity index (χ2n) is 7.89. The van der Waals surface area contributed by atoms with Crippen LogP contribution in [0.1, 0.15) is 46.5 Å². The molecular formula is C20H28N4O3S2. The number of amides is 3. The first-order valence-electron chi connectivity index (χ1n) is 10.4. The van der Waals surface area contributed by atoms with Crippen LogP contribution < -0.4 is 11.1 Å². The number of carbonyl (C=O) groups excluding carboxylic acids is 3. The Balaban J connectivity index is 1.42. The first-order valence-corrected chi connectivity index (χ1v) is 12.4. The number of nitrogens with two attached hydrogens (primary N) is 1. The quantitative estimate of drug-likeness (QED) is 0.733. The van der Waals surface area contributed by atoms with Gasteiger partial charge in [0.05, 0.1) is 18.2 Å². The maximum atomic E-state index is 12.9. The highest BCUT2D eigenvalue weighted by Gasteiger charge is 2.35. The molecule has 0 saturated carbocycles. The van der Waals surface area contributed by atoms with Crippen LogP contribution >= 0.6 is 23.1 Å². The van der Waals surface area contributed by atoms with Gasteiger partial charge in [-0.2, -0.15) is 11.8 Å². The second-order valence-corrected chi connectivity index (χ2v) is 10.2. The molecule has 158 valence electrons. The summed E-state index contributed by atoms with van der Waals surface area (Å²) in [4.78, 5) is 42.8. The Bertz CT molecular complexity index is 804. The zero-order valence-electron chi connectivity index (χ0n) is 16.6. The van der Waals surface area contributed by atoms with Crippen LogP contribution in [0.4, 0.5) is 5.00 Å². The summed E-state index contributed by atoms with van der Waals surface area (Å²) in [6.45, 7) is 2.50. The Morgan fingerprint density at radius 1 is 1.07 bits per heavy atom. The largest absolute Gasteiger partial charge is 0.365 e. The molecule has 1 aromatic heterocycles. The van der Waals surface area contributed by atoms with E-state index in [4.69, 9.17) is 5.73 Å². The number of rotatable bonds is 5. The molecule has 3 heterocycles. The Morgan fingerprint density at radius 2 is 1.83 bits per heavy atom. The molecule has 1 aromatic rings. The van der Waals surface area contributed by atoms with Gasteiger partial charge in [-0.05, 0) is 50.6 Å². The van der Waals surface area contributed by atoms with Crippen molar-refractivity contribution in [3.05, 3.63) is 16.0 Å². The highest BCUT2D eigenvalue weighted by atomic mass is 32.2. The number of fused-ring (bicyclic) bond motifs is 1. The molecule has 1 unspecified atom stereocenters. The lowest BCUT2D eigenvalue weighted by Crippen LogP contribution is -2.49. The van der Waals surface area contributed by atoms with Crippen LogP contribution in [0.2, 0.25) is 0 Å². The molecule has 0 spiro atoms. The lowest BCUT2D eigenvalue weighted by atomic mass is 9.95. The highest BCUT2D eigenvalue weighted by Crippen LogP contribution is 2.38. The molecule has 29 heavy (non-hydrogen) atoms. The summed E-state index contributed by atoms with van der Waals surface area (Å²) < 4.78 is 0. The Labute approximate surface area is 179 Å². The Hall–Kier alpha value is -1.58. The van der Waals surface area contributed by atoms with Gasteiger partial charge in [0, 0.05) is 29.5 Å². The van der Waals surface area contributed by atoms with Crippen LogP contribution in [-0.4, -0.2) is 71.2 Å². The molecule has 3 amide bonds. The molecule has 0 aromatic carbocycles. The summed E-state index contributed by atoms with van der Waals surface area (Å²) in [5.74, 6) is 1.47. The van der Waals surface area contributed by atoms with Crippen LogP contribution in [0.3, 0.4) is 0 Å². The van der Waals surface area contributed by atoms with Gasteiger partial charge in [0.25, 0.3) is 5.91 Å². The molecule has 2 fully saturated rings. The average molecular weight is 437 g/mol. The molecule has 1 atom stereocenters. The van der Waals surface area contributed by atoms with Gasteiger partial charge in [-0.15, -0.1) is 11.3 Å². The van der Waals surface area contributed by atoms with E-state index in [1.54, 1.807) is 0 Å². The number of nitrogens with one attached hydrogen (secondary N) is 1. The summed E-state index contributed by atoms with van der Waals surface area (Å²) >= 11 is 3.36. The third-order valence-electron chi connectivity index (χ3n) is 5.99. The summed E-state index contributed by atoms with van der Waals surface area (Å²) in [6.07, 6.45) is 5.65. The van der Waals surface area contributed by atoms with E-state index in [9.17, 15) is 14.4 Å². The van der Waals surface area contributed by atoms with Crippen molar-refractivity contribution in [3.8, 4) is 0 Å². The lowest BCUT2D eigenvalue weighted by Gasteiger charge is -2.32. The number of likely N-dealkylation sites (tertiary alicyclic amines) is 1. The number of thioether (sulfide) groups is 1. The molecule has 2 aliphatic heterocycles. The first-order chi connectivity index (χ1) is 14.0. The van der Waals surface area contributed by atoms with Crippen molar-refractivity contribution < 1.29 is 14.4 Å². The van der Waals surface area contributed by atoms with Gasteiger partial charge in [0.1, 0.15) is 5.00 Å². The monoisotopic (exact) mass is 436 g/mol. The van der Waals surface area contributed by atoms with Crippen molar-refractivity contribution in [3.63, 3.8) is 0 Å². The van der Waals surface area contributed by atoms with Crippen LogP contribution in [0.25, 0.3) is 0 Å². The van der Waals surface area contributed by atoms with E-state index in [0.29, 0.717) is 10.6 Å². The minimum Gasteiger partial charge on any atom is -0.365 e. The van der Waals surface area contributed by atoms with E-state index in [1.165, 1.54) is 11.3 Å². The summed E-state index contributed by atoms with van der Waals surface area (Å²) in [6, 6.07) is -0.212. The topological polar surface area (TPSA) is 95.7 Å². The number of thiophene rings is 1. The normalized spacial score (nSPS) is 22.3. The number of aryl methyl sites for hydroxylation is 1. The van der Waals surface area contributed by atoms with Crippen molar-refractivity contribution in [2.75, 3.05) is 43.0 Å². The van der Waals surface area contributed by atoms with E-state index in [-0.39, 0.29) is 24.4 Å². The van der Waals surface area contributed by atoms with E-state index < -0.39 is 5.91 Å². The number of hydrogen-bond donors (Lipinski definition) is 2. The zero-order valence-corrected chi connectivity index (χ0v) is 18.2. The van der Waals surface area contributed by atoms with Gasteiger partial charge in [0.15, 0.2) is 0 Å². The fraction of sp³-hybridized carbons (Fsp3) is 0.650. The highest BCUT2D eigenvalue weighted by molar-refractivity contribution is 7.99. The molecule has 2 saturated heterocycles. The average Bonchev–Trinajstić information content (AvgIpc) is 3.31. The van der Waals surface area contributed by atoms with Crippen LogP contribution in [0.15, 0.2) is 0 Å². The molecule has 4 rings (SSSR count). The Kier molecular flexibility index (Phi) is 6.46. The minimum atomic E-state index is -0.475. The number of primary amides is 1. The molecule has 9 heteroatoms. The molecule has 3 N–H and O–H groups in total. The van der Waals surface area contributed by atoms with Crippen molar-refractivity contribution in [2.24, 2.45) is 5.73 Å². The minimum absolute atomic E-state index is 0.153. The standard InChI is InChI=1S/C20H28N4O3S2/c21-18(26)17-13-4-1-2-6-15(13)29-19(17)22-16(25)12-24-7-3-5-14(24)20(27)23-8-10-28-11-9-23/h14H,1-12H2,(H2,21,26)(H,22,25). The molecule has 7 nitrogen and oxygen atoms in total. The van der Waals surface area contributed by atoms with Crippen LogP contribution in [0, 0.1) is 0 Å². The zero-order chi connectivity index (χ0) is 20.4.